The van der Waals surface area contributed by atoms with Gasteiger partial charge < -0.3 is 15.2 Å². The van der Waals surface area contributed by atoms with Crippen LogP contribution in [-0.2, 0) is 17.8 Å². The summed E-state index contributed by atoms with van der Waals surface area (Å²) in [6.45, 7) is 0.502. The van der Waals surface area contributed by atoms with Crippen molar-refractivity contribution in [3.05, 3.63) is 90.0 Å². The van der Waals surface area contributed by atoms with Crippen molar-refractivity contribution < 1.29 is 14.6 Å². The molecule has 3 aromatic carbocycles. The van der Waals surface area contributed by atoms with Gasteiger partial charge in [0, 0.05) is 6.54 Å². The first-order valence-corrected chi connectivity index (χ1v) is 8.90. The van der Waals surface area contributed by atoms with E-state index in [-0.39, 0.29) is 0 Å². The Balaban J connectivity index is 1.85. The molecule has 0 saturated carbocycles. The number of ether oxygens (including phenoxy) is 1. The number of nitrogens with one attached hydrogen (secondary N) is 1. The van der Waals surface area contributed by atoms with E-state index < -0.39 is 12.0 Å². The van der Waals surface area contributed by atoms with Crippen molar-refractivity contribution in [2.45, 2.75) is 19.0 Å². The molecule has 4 heteroatoms. The predicted octanol–water partition coefficient (Wildman–Crippen LogP) is 4.15. The number of hydrogen-bond acceptors (Lipinski definition) is 3. The molecule has 0 fully saturated rings. The Morgan fingerprint density at radius 1 is 1.00 bits per heavy atom. The lowest BCUT2D eigenvalue weighted by Crippen LogP contribution is -2.38. The fourth-order valence-corrected chi connectivity index (χ4v) is 3.07. The Kier molecular flexibility index (Phi) is 6.23. The minimum absolute atomic E-state index is 0.365. The second-order valence-corrected chi connectivity index (χ2v) is 6.35. The van der Waals surface area contributed by atoms with E-state index in [2.05, 4.69) is 5.32 Å². The average molecular weight is 361 g/mol. The summed E-state index contributed by atoms with van der Waals surface area (Å²) in [7, 11) is 1.61. The van der Waals surface area contributed by atoms with E-state index in [1.54, 1.807) is 7.11 Å². The van der Waals surface area contributed by atoms with Crippen molar-refractivity contribution in [3.8, 4) is 16.9 Å². The van der Waals surface area contributed by atoms with Gasteiger partial charge in [0.2, 0.25) is 0 Å². The first-order chi connectivity index (χ1) is 13.2. The van der Waals surface area contributed by atoms with Gasteiger partial charge in [0.15, 0.2) is 0 Å². The Labute approximate surface area is 159 Å². The van der Waals surface area contributed by atoms with E-state index in [0.29, 0.717) is 13.0 Å². The molecule has 138 valence electrons. The van der Waals surface area contributed by atoms with E-state index in [0.717, 1.165) is 28.0 Å². The van der Waals surface area contributed by atoms with Crippen molar-refractivity contribution in [1.82, 2.24) is 5.32 Å². The monoisotopic (exact) mass is 361 g/mol. The number of hydrogen-bond donors (Lipinski definition) is 2. The molecule has 0 saturated heterocycles. The smallest absolute Gasteiger partial charge is 0.321 e. The van der Waals surface area contributed by atoms with Gasteiger partial charge in [-0.25, -0.2) is 0 Å². The van der Waals surface area contributed by atoms with Crippen LogP contribution in [0, 0.1) is 0 Å². The number of carbonyl (C=O) groups is 1. The Morgan fingerprint density at radius 2 is 1.67 bits per heavy atom. The zero-order chi connectivity index (χ0) is 19.1. The molecule has 3 aromatic rings. The van der Waals surface area contributed by atoms with Crippen LogP contribution in [0.3, 0.4) is 0 Å². The number of benzene rings is 3. The average Bonchev–Trinajstić information content (AvgIpc) is 2.72. The number of carboxylic acids is 1. The van der Waals surface area contributed by atoms with E-state index >= 15 is 0 Å². The maximum absolute atomic E-state index is 11.8. The molecule has 0 aromatic heterocycles. The topological polar surface area (TPSA) is 58.6 Å². The van der Waals surface area contributed by atoms with E-state index in [4.69, 9.17) is 4.74 Å². The van der Waals surface area contributed by atoms with E-state index in [9.17, 15) is 9.90 Å². The summed E-state index contributed by atoms with van der Waals surface area (Å²) in [4.78, 5) is 11.8. The molecule has 0 amide bonds. The third kappa shape index (κ3) is 4.96. The van der Waals surface area contributed by atoms with Gasteiger partial charge in [-0.15, -0.1) is 0 Å². The fraction of sp³-hybridized carbons (Fsp3) is 0.174. The molecule has 27 heavy (non-hydrogen) atoms. The van der Waals surface area contributed by atoms with Crippen molar-refractivity contribution in [1.29, 1.82) is 0 Å². The van der Waals surface area contributed by atoms with Gasteiger partial charge in [0.25, 0.3) is 0 Å². The lowest BCUT2D eigenvalue weighted by molar-refractivity contribution is -0.139. The highest BCUT2D eigenvalue weighted by Gasteiger charge is 2.20. The second-order valence-electron chi connectivity index (χ2n) is 6.35. The molecule has 2 N–H and O–H groups in total. The van der Waals surface area contributed by atoms with Crippen molar-refractivity contribution in [3.63, 3.8) is 0 Å². The lowest BCUT2D eigenvalue weighted by atomic mass is 9.94. The third-order valence-corrected chi connectivity index (χ3v) is 4.51. The van der Waals surface area contributed by atoms with E-state index in [1.165, 1.54) is 0 Å². The first-order valence-electron chi connectivity index (χ1n) is 8.90. The van der Waals surface area contributed by atoms with Gasteiger partial charge in [0.05, 0.1) is 7.11 Å². The third-order valence-electron chi connectivity index (χ3n) is 4.51. The maximum Gasteiger partial charge on any atom is 0.321 e. The zero-order valence-corrected chi connectivity index (χ0v) is 15.3. The van der Waals surface area contributed by atoms with Gasteiger partial charge in [0.1, 0.15) is 11.8 Å². The minimum atomic E-state index is -0.868. The maximum atomic E-state index is 11.8. The van der Waals surface area contributed by atoms with E-state index in [1.807, 2.05) is 78.9 Å². The van der Waals surface area contributed by atoms with Crippen LogP contribution in [0.4, 0.5) is 0 Å². The Bertz CT molecular complexity index is 879. The fourth-order valence-electron chi connectivity index (χ4n) is 3.07. The molecule has 0 aliphatic heterocycles. The SMILES string of the molecule is COc1ccc(-c2ccccc2)c(C[C@H](NCc2ccccc2)C(=O)O)c1. The quantitative estimate of drug-likeness (QED) is 0.633. The molecule has 0 bridgehead atoms. The standard InChI is InChI=1S/C23H23NO3/c1-27-20-12-13-21(18-10-6-3-7-11-18)19(14-20)15-22(23(25)26)24-16-17-8-4-2-5-9-17/h2-14,22,24H,15-16H2,1H3,(H,25,26)/t22-/m0/s1. The summed E-state index contributed by atoms with van der Waals surface area (Å²) < 4.78 is 5.35. The molecule has 3 rings (SSSR count). The normalized spacial score (nSPS) is 11.7. The van der Waals surface area contributed by atoms with Crippen LogP contribution < -0.4 is 10.1 Å². The number of carboxylic acid groups (broad SMARTS) is 1. The van der Waals surface area contributed by atoms with Crippen LogP contribution in [0.5, 0.6) is 5.75 Å². The molecule has 0 unspecified atom stereocenters. The number of methoxy groups -OCH3 is 1. The molecule has 4 nitrogen and oxygen atoms in total. The van der Waals surface area contributed by atoms with Crippen LogP contribution in [0.25, 0.3) is 11.1 Å². The van der Waals surface area contributed by atoms with Crippen molar-refractivity contribution in [2.24, 2.45) is 0 Å². The summed E-state index contributed by atoms with van der Waals surface area (Å²) in [5.41, 5.74) is 4.07. The highest BCUT2D eigenvalue weighted by atomic mass is 16.5. The second kappa shape index (κ2) is 9.01. The van der Waals surface area contributed by atoms with Crippen molar-refractivity contribution >= 4 is 5.97 Å². The number of aliphatic carboxylic acids is 1. The highest BCUT2D eigenvalue weighted by Crippen LogP contribution is 2.28. The minimum Gasteiger partial charge on any atom is -0.497 e. The Hall–Kier alpha value is -3.11. The molecule has 0 aliphatic carbocycles. The number of rotatable bonds is 8. The van der Waals surface area contributed by atoms with Crippen LogP contribution in [0.15, 0.2) is 78.9 Å². The van der Waals surface area contributed by atoms with Gasteiger partial charge in [-0.1, -0.05) is 66.7 Å². The molecule has 0 heterocycles. The lowest BCUT2D eigenvalue weighted by Gasteiger charge is -2.18. The summed E-state index contributed by atoms with van der Waals surface area (Å²) in [6, 6.07) is 24.9. The van der Waals surface area contributed by atoms with Crippen molar-refractivity contribution in [2.75, 3.05) is 7.11 Å². The summed E-state index contributed by atoms with van der Waals surface area (Å²) >= 11 is 0. The van der Waals surface area contributed by atoms with Gasteiger partial charge in [-0.3, -0.25) is 4.79 Å². The van der Waals surface area contributed by atoms with Crippen LogP contribution in [0.1, 0.15) is 11.1 Å². The largest absolute Gasteiger partial charge is 0.497 e. The summed E-state index contributed by atoms with van der Waals surface area (Å²) in [6.07, 6.45) is 0.365. The van der Waals surface area contributed by atoms with Crippen LogP contribution in [0.2, 0.25) is 0 Å². The highest BCUT2D eigenvalue weighted by molar-refractivity contribution is 5.75. The van der Waals surface area contributed by atoms with Crippen LogP contribution >= 0.6 is 0 Å². The van der Waals surface area contributed by atoms with Crippen LogP contribution in [-0.4, -0.2) is 24.2 Å². The molecule has 0 spiro atoms. The van der Waals surface area contributed by atoms with Gasteiger partial charge in [-0.05, 0) is 40.8 Å². The van der Waals surface area contributed by atoms with Gasteiger partial charge in [-0.2, -0.15) is 0 Å². The predicted molar refractivity (Wildman–Crippen MR) is 107 cm³/mol. The Morgan fingerprint density at radius 3 is 2.30 bits per heavy atom. The first kappa shape index (κ1) is 18.7. The molecular formula is C23H23NO3. The molecule has 0 aliphatic rings. The zero-order valence-electron chi connectivity index (χ0n) is 15.3. The molecular weight excluding hydrogens is 338 g/mol. The summed E-state index contributed by atoms with van der Waals surface area (Å²) in [5, 5.41) is 12.9. The molecule has 0 radical (unpaired) electrons. The molecule has 1 atom stereocenters. The van der Waals surface area contributed by atoms with Gasteiger partial charge >= 0.3 is 5.97 Å². The summed E-state index contributed by atoms with van der Waals surface area (Å²) in [5.74, 6) is -0.148.